The number of aliphatic hydroxyl groups is 1. The Balaban J connectivity index is 1.39. The topological polar surface area (TPSA) is 77.4 Å². The third kappa shape index (κ3) is 7.36. The molecule has 0 aliphatic heterocycles. The Morgan fingerprint density at radius 2 is 1.78 bits per heavy atom. The molecule has 41 heavy (non-hydrogen) atoms. The Labute approximate surface area is 250 Å². The Morgan fingerprint density at radius 3 is 2.49 bits per heavy atom. The van der Waals surface area contributed by atoms with Gasteiger partial charge in [0.25, 0.3) is 0 Å². The van der Waals surface area contributed by atoms with E-state index in [1.165, 1.54) is 31.3 Å². The van der Waals surface area contributed by atoms with Crippen molar-refractivity contribution in [1.29, 1.82) is 0 Å². The molecule has 0 heterocycles. The van der Waals surface area contributed by atoms with E-state index in [4.69, 9.17) is 4.84 Å². The fraction of sp³-hybridized carbons (Fsp3) is 0.879. The standard InChI is InChI=1S/C33H60N5O3/c1-24(35-41-31(40)37(21-22-38(6,7)8)20-18-34-17-19-36(4)5)28-11-12-29-27-10-9-25-23-26(39)13-15-32(25,2)30(27)14-16-33(28,29)3/h23,26-30,34,39H,9-22H2,1-8H3/q+1/b35-24+/t26-,27-,28+,29-,30-,32-,33+/m0/s1. The van der Waals surface area contributed by atoms with E-state index >= 15 is 0 Å². The van der Waals surface area contributed by atoms with Gasteiger partial charge in [0.05, 0.1) is 46.0 Å². The summed E-state index contributed by atoms with van der Waals surface area (Å²) < 4.78 is 0.793. The van der Waals surface area contributed by atoms with Crippen LogP contribution in [0.5, 0.6) is 0 Å². The zero-order chi connectivity index (χ0) is 30.0. The molecule has 0 unspecified atom stereocenters. The van der Waals surface area contributed by atoms with Gasteiger partial charge in [-0.3, -0.25) is 9.74 Å². The van der Waals surface area contributed by atoms with Gasteiger partial charge in [-0.05, 0) is 101 Å². The van der Waals surface area contributed by atoms with Gasteiger partial charge < -0.3 is 19.8 Å². The molecule has 8 nitrogen and oxygen atoms in total. The van der Waals surface area contributed by atoms with Crippen LogP contribution in [0, 0.1) is 34.5 Å². The third-order valence-electron chi connectivity index (χ3n) is 11.5. The smallest absolute Gasteiger partial charge is 0.389 e. The van der Waals surface area contributed by atoms with Crippen molar-refractivity contribution in [2.24, 2.45) is 39.7 Å². The van der Waals surface area contributed by atoms with E-state index in [2.05, 4.69) is 77.5 Å². The van der Waals surface area contributed by atoms with Crippen LogP contribution in [0.4, 0.5) is 4.79 Å². The lowest BCUT2D eigenvalue weighted by molar-refractivity contribution is -0.869. The number of nitrogens with zero attached hydrogens (tertiary/aromatic N) is 4. The molecule has 0 saturated heterocycles. The van der Waals surface area contributed by atoms with Gasteiger partial charge in [0.2, 0.25) is 0 Å². The van der Waals surface area contributed by atoms with Crippen molar-refractivity contribution in [2.45, 2.75) is 78.2 Å². The van der Waals surface area contributed by atoms with E-state index in [-0.39, 0.29) is 23.0 Å². The molecule has 8 heteroatoms. The molecular formula is C33H60N5O3+. The van der Waals surface area contributed by atoms with Gasteiger partial charge in [-0.15, -0.1) is 0 Å². The number of quaternary nitrogens is 1. The molecule has 0 aromatic rings. The highest BCUT2D eigenvalue weighted by molar-refractivity contribution is 5.85. The monoisotopic (exact) mass is 574 g/mol. The number of amides is 1. The number of hydrogen-bond donors (Lipinski definition) is 2. The van der Waals surface area contributed by atoms with Crippen molar-refractivity contribution < 1.29 is 19.2 Å². The first kappa shape index (κ1) is 32.4. The predicted octanol–water partition coefficient (Wildman–Crippen LogP) is 4.60. The van der Waals surface area contributed by atoms with Crippen molar-refractivity contribution in [2.75, 3.05) is 74.5 Å². The molecule has 4 aliphatic rings. The summed E-state index contributed by atoms with van der Waals surface area (Å²) in [6.45, 7) is 11.8. The van der Waals surface area contributed by atoms with Gasteiger partial charge >= 0.3 is 6.09 Å². The molecule has 0 aromatic heterocycles. The van der Waals surface area contributed by atoms with E-state index in [0.717, 1.165) is 73.9 Å². The molecular weight excluding hydrogens is 514 g/mol. The van der Waals surface area contributed by atoms with E-state index in [1.807, 2.05) is 4.90 Å². The van der Waals surface area contributed by atoms with Crippen LogP contribution < -0.4 is 5.32 Å². The van der Waals surface area contributed by atoms with Crippen LogP contribution in [0.2, 0.25) is 0 Å². The molecule has 0 spiro atoms. The largest absolute Gasteiger partial charge is 0.436 e. The van der Waals surface area contributed by atoms with Crippen LogP contribution in [0.25, 0.3) is 0 Å². The molecule has 234 valence electrons. The minimum absolute atomic E-state index is 0.215. The number of fused-ring (bicyclic) bond motifs is 5. The second kappa shape index (κ2) is 13.0. The van der Waals surface area contributed by atoms with E-state index in [1.54, 1.807) is 0 Å². The molecule has 0 aromatic carbocycles. The fourth-order valence-corrected chi connectivity index (χ4v) is 8.99. The molecule has 2 N–H and O–H groups in total. The SMILES string of the molecule is C/C(=N\OC(=O)N(CCNCCN(C)C)CC[N+](C)(C)C)[C@H]1CC[C@H]2[C@@H]3CCC4=C[C@@H](O)CC[C@]4(C)[C@H]3CC[C@]12C. The summed E-state index contributed by atoms with van der Waals surface area (Å²) in [5.41, 5.74) is 2.99. The summed E-state index contributed by atoms with van der Waals surface area (Å²) in [4.78, 5) is 22.9. The minimum atomic E-state index is -0.338. The second-order valence-electron chi connectivity index (χ2n) is 15.4. The van der Waals surface area contributed by atoms with Crippen LogP contribution in [-0.4, -0.2) is 112 Å². The van der Waals surface area contributed by atoms with Crippen molar-refractivity contribution in [3.05, 3.63) is 11.6 Å². The molecule has 7 atom stereocenters. The lowest BCUT2D eigenvalue weighted by Crippen LogP contribution is -2.51. The van der Waals surface area contributed by atoms with E-state index < -0.39 is 0 Å². The molecule has 0 bridgehead atoms. The summed E-state index contributed by atoms with van der Waals surface area (Å²) >= 11 is 0. The number of allylic oxidation sites excluding steroid dienone is 1. The van der Waals surface area contributed by atoms with Crippen molar-refractivity contribution in [1.82, 2.24) is 15.1 Å². The number of oxime groups is 1. The fourth-order valence-electron chi connectivity index (χ4n) is 8.99. The average molecular weight is 575 g/mol. The first-order valence-corrected chi connectivity index (χ1v) is 16.3. The van der Waals surface area contributed by atoms with Crippen molar-refractivity contribution >= 4 is 11.8 Å². The second-order valence-corrected chi connectivity index (χ2v) is 15.4. The number of hydrogen-bond acceptors (Lipinski definition) is 6. The number of carbonyl (C=O) groups excluding carboxylic acids is 1. The van der Waals surface area contributed by atoms with Crippen LogP contribution in [-0.2, 0) is 4.84 Å². The lowest BCUT2D eigenvalue weighted by Gasteiger charge is -2.58. The molecule has 1 amide bonds. The molecule has 0 radical (unpaired) electrons. The molecule has 3 fully saturated rings. The Morgan fingerprint density at radius 1 is 1.05 bits per heavy atom. The van der Waals surface area contributed by atoms with Crippen LogP contribution in [0.3, 0.4) is 0 Å². The Hall–Kier alpha value is -1.48. The van der Waals surface area contributed by atoms with Crippen molar-refractivity contribution in [3.8, 4) is 0 Å². The van der Waals surface area contributed by atoms with Gasteiger partial charge in [0.15, 0.2) is 0 Å². The summed E-state index contributed by atoms with van der Waals surface area (Å²) in [6.07, 6.45) is 10.9. The minimum Gasteiger partial charge on any atom is -0.389 e. The molecule has 4 aliphatic carbocycles. The van der Waals surface area contributed by atoms with Crippen LogP contribution in [0.1, 0.15) is 72.1 Å². The highest BCUT2D eigenvalue weighted by Crippen LogP contribution is 2.66. The highest BCUT2D eigenvalue weighted by atomic mass is 16.7. The van der Waals surface area contributed by atoms with E-state index in [9.17, 15) is 9.90 Å². The number of aliphatic hydroxyl groups excluding tert-OH is 1. The van der Waals surface area contributed by atoms with Gasteiger partial charge in [-0.1, -0.05) is 30.7 Å². The zero-order valence-corrected chi connectivity index (χ0v) is 27.4. The van der Waals surface area contributed by atoms with Gasteiger partial charge in [0.1, 0.15) is 0 Å². The number of nitrogens with one attached hydrogen (secondary N) is 1. The van der Waals surface area contributed by atoms with Crippen LogP contribution in [0.15, 0.2) is 16.8 Å². The summed E-state index contributed by atoms with van der Waals surface area (Å²) in [6, 6.07) is 0. The maximum atomic E-state index is 13.2. The lowest BCUT2D eigenvalue weighted by atomic mass is 9.46. The summed E-state index contributed by atoms with van der Waals surface area (Å²) in [5.74, 6) is 2.54. The van der Waals surface area contributed by atoms with Crippen LogP contribution >= 0.6 is 0 Å². The predicted molar refractivity (Wildman–Crippen MR) is 167 cm³/mol. The molecule has 4 rings (SSSR count). The van der Waals surface area contributed by atoms with Gasteiger partial charge in [-0.25, -0.2) is 4.79 Å². The third-order valence-corrected chi connectivity index (χ3v) is 11.5. The first-order valence-electron chi connectivity index (χ1n) is 16.3. The quantitative estimate of drug-likeness (QED) is 0.0942. The zero-order valence-electron chi connectivity index (χ0n) is 27.4. The maximum absolute atomic E-state index is 13.2. The number of likely N-dealkylation sites (N-methyl/N-ethyl adjacent to an activating group) is 2. The summed E-state index contributed by atoms with van der Waals surface area (Å²) in [7, 11) is 10.6. The highest BCUT2D eigenvalue weighted by Gasteiger charge is 2.59. The van der Waals surface area contributed by atoms with Crippen molar-refractivity contribution in [3.63, 3.8) is 0 Å². The number of rotatable bonds is 11. The average Bonchev–Trinajstić information content (AvgIpc) is 3.25. The normalized spacial score (nSPS) is 35.4. The Bertz CT molecular complexity index is 974. The van der Waals surface area contributed by atoms with Gasteiger partial charge in [0, 0.05) is 32.1 Å². The van der Waals surface area contributed by atoms with E-state index in [0.29, 0.717) is 24.9 Å². The maximum Gasteiger partial charge on any atom is 0.436 e. The first-order chi connectivity index (χ1) is 19.2. The summed E-state index contributed by atoms with van der Waals surface area (Å²) in [5, 5.41) is 18.2. The number of carbonyl (C=O) groups is 1. The Kier molecular flexibility index (Phi) is 10.3. The molecule has 3 saturated carbocycles. The van der Waals surface area contributed by atoms with Gasteiger partial charge in [-0.2, -0.15) is 0 Å².